The molecule has 0 atom stereocenters. The average Bonchev–Trinajstić information content (AvgIpc) is 2.82. The number of nitrogens with one attached hydrogen (secondary N) is 1. The molecule has 0 fully saturated rings. The standard InChI is InChI=1S/C29H57NO3/c1-4-7-9-11-13-15-17-19-21-23-27(32)29(6-3,30-25-26-31)28(33)24-22-20-18-16-14-12-10-8-5-2/h30-31H,4-26H2,1-3H3. The van der Waals surface area contributed by atoms with Crippen LogP contribution in [0.25, 0.3) is 0 Å². The van der Waals surface area contributed by atoms with Gasteiger partial charge in [0.2, 0.25) is 0 Å². The lowest BCUT2D eigenvalue weighted by Gasteiger charge is -2.31. The summed E-state index contributed by atoms with van der Waals surface area (Å²) in [5.41, 5.74) is -1.09. The lowest BCUT2D eigenvalue weighted by Crippen LogP contribution is -2.58. The van der Waals surface area contributed by atoms with Gasteiger partial charge in [-0.1, -0.05) is 124 Å². The molecule has 0 aliphatic carbocycles. The highest BCUT2D eigenvalue weighted by Crippen LogP contribution is 2.22. The van der Waals surface area contributed by atoms with E-state index in [0.29, 0.717) is 25.8 Å². The second kappa shape index (κ2) is 23.0. The van der Waals surface area contributed by atoms with E-state index in [9.17, 15) is 14.7 Å². The first-order chi connectivity index (χ1) is 16.1. The van der Waals surface area contributed by atoms with Crippen LogP contribution in [0.2, 0.25) is 0 Å². The fourth-order valence-corrected chi connectivity index (χ4v) is 4.76. The van der Waals surface area contributed by atoms with Gasteiger partial charge in [-0.15, -0.1) is 0 Å². The third-order valence-corrected chi connectivity index (χ3v) is 7.04. The van der Waals surface area contributed by atoms with E-state index in [0.717, 1.165) is 25.7 Å². The molecule has 0 spiro atoms. The van der Waals surface area contributed by atoms with E-state index in [2.05, 4.69) is 19.2 Å². The van der Waals surface area contributed by atoms with Crippen molar-refractivity contribution in [1.82, 2.24) is 5.32 Å². The molecular formula is C29H57NO3. The maximum atomic E-state index is 13.1. The summed E-state index contributed by atoms with van der Waals surface area (Å²) in [6.07, 6.45) is 23.2. The first-order valence-electron chi connectivity index (χ1n) is 14.5. The summed E-state index contributed by atoms with van der Waals surface area (Å²) < 4.78 is 0. The third kappa shape index (κ3) is 15.7. The van der Waals surface area contributed by atoms with Gasteiger partial charge in [-0.25, -0.2) is 0 Å². The lowest BCUT2D eigenvalue weighted by atomic mass is 9.81. The predicted molar refractivity (Wildman–Crippen MR) is 142 cm³/mol. The third-order valence-electron chi connectivity index (χ3n) is 7.04. The van der Waals surface area contributed by atoms with Crippen LogP contribution < -0.4 is 5.32 Å². The number of Topliss-reactive ketones (excluding diaryl/α,β-unsaturated/α-hetero) is 2. The molecule has 0 aromatic rings. The first-order valence-corrected chi connectivity index (χ1v) is 14.5. The van der Waals surface area contributed by atoms with Crippen molar-refractivity contribution in [2.24, 2.45) is 0 Å². The molecule has 2 N–H and O–H groups in total. The lowest BCUT2D eigenvalue weighted by molar-refractivity contribution is -0.137. The van der Waals surface area contributed by atoms with Gasteiger partial charge < -0.3 is 5.11 Å². The van der Waals surface area contributed by atoms with Crippen molar-refractivity contribution >= 4 is 11.6 Å². The van der Waals surface area contributed by atoms with Crippen molar-refractivity contribution in [3.05, 3.63) is 0 Å². The monoisotopic (exact) mass is 467 g/mol. The van der Waals surface area contributed by atoms with Crippen LogP contribution in [0.4, 0.5) is 0 Å². The maximum Gasteiger partial charge on any atom is 0.160 e. The van der Waals surface area contributed by atoms with E-state index < -0.39 is 5.54 Å². The smallest absolute Gasteiger partial charge is 0.160 e. The summed E-state index contributed by atoms with van der Waals surface area (Å²) in [5.74, 6) is 0.0599. The van der Waals surface area contributed by atoms with E-state index in [1.807, 2.05) is 6.92 Å². The first kappa shape index (κ1) is 32.3. The molecule has 0 heterocycles. The number of hydrogen-bond acceptors (Lipinski definition) is 4. The van der Waals surface area contributed by atoms with Crippen molar-refractivity contribution in [2.75, 3.05) is 13.2 Å². The van der Waals surface area contributed by atoms with Gasteiger partial charge >= 0.3 is 0 Å². The summed E-state index contributed by atoms with van der Waals surface area (Å²) in [4.78, 5) is 26.3. The van der Waals surface area contributed by atoms with Gasteiger partial charge in [0.25, 0.3) is 0 Å². The number of carbonyl (C=O) groups is 2. The van der Waals surface area contributed by atoms with Crippen LogP contribution in [0.5, 0.6) is 0 Å². The minimum Gasteiger partial charge on any atom is -0.395 e. The van der Waals surface area contributed by atoms with Gasteiger partial charge in [0.05, 0.1) is 6.61 Å². The van der Waals surface area contributed by atoms with Gasteiger partial charge in [0, 0.05) is 19.4 Å². The SMILES string of the molecule is CCCCCCCCCCCC(=O)C(CC)(NCCO)C(=O)CCCCCCCCCCC. The molecule has 196 valence electrons. The minimum absolute atomic E-state index is 0.0299. The number of aliphatic hydroxyl groups excluding tert-OH is 1. The highest BCUT2D eigenvalue weighted by molar-refractivity contribution is 6.11. The fourth-order valence-electron chi connectivity index (χ4n) is 4.76. The second-order valence-corrected chi connectivity index (χ2v) is 9.91. The molecule has 0 radical (unpaired) electrons. The van der Waals surface area contributed by atoms with E-state index >= 15 is 0 Å². The van der Waals surface area contributed by atoms with Crippen LogP contribution in [0, 0.1) is 0 Å². The topological polar surface area (TPSA) is 66.4 Å². The van der Waals surface area contributed by atoms with Crippen molar-refractivity contribution in [1.29, 1.82) is 0 Å². The van der Waals surface area contributed by atoms with Crippen LogP contribution in [0.3, 0.4) is 0 Å². The highest BCUT2D eigenvalue weighted by Gasteiger charge is 2.41. The molecule has 0 aromatic heterocycles. The minimum atomic E-state index is -1.09. The number of hydrogen-bond donors (Lipinski definition) is 2. The molecule has 0 rings (SSSR count). The van der Waals surface area contributed by atoms with Crippen molar-refractivity contribution < 1.29 is 14.7 Å². The molecule has 0 bridgehead atoms. The maximum absolute atomic E-state index is 13.1. The van der Waals surface area contributed by atoms with E-state index in [4.69, 9.17) is 0 Å². The van der Waals surface area contributed by atoms with Crippen LogP contribution in [-0.4, -0.2) is 35.4 Å². The Balaban J connectivity index is 4.33. The molecule has 0 saturated carbocycles. The Kier molecular flexibility index (Phi) is 22.5. The Morgan fingerprint density at radius 3 is 1.21 bits per heavy atom. The van der Waals surface area contributed by atoms with Gasteiger partial charge in [0.1, 0.15) is 5.54 Å². The molecule has 0 aromatic carbocycles. The largest absolute Gasteiger partial charge is 0.395 e. The van der Waals surface area contributed by atoms with Gasteiger partial charge in [-0.3, -0.25) is 14.9 Å². The molecule has 0 unspecified atom stereocenters. The zero-order chi connectivity index (χ0) is 24.6. The molecule has 0 aliphatic rings. The van der Waals surface area contributed by atoms with Gasteiger partial charge in [-0.2, -0.15) is 0 Å². The summed E-state index contributed by atoms with van der Waals surface area (Å²) in [6, 6.07) is 0. The van der Waals surface area contributed by atoms with E-state index in [1.165, 1.54) is 89.9 Å². The molecule has 33 heavy (non-hydrogen) atoms. The molecular weight excluding hydrogens is 410 g/mol. The number of β-amino-alcohol motifs (C(OH)–C–C–N with tert-alkyl or cyclic N) is 1. The number of carbonyl (C=O) groups excluding carboxylic acids is 2. The number of rotatable bonds is 26. The van der Waals surface area contributed by atoms with Crippen molar-refractivity contribution in [3.8, 4) is 0 Å². The molecule has 4 nitrogen and oxygen atoms in total. The van der Waals surface area contributed by atoms with E-state index in [1.54, 1.807) is 0 Å². The van der Waals surface area contributed by atoms with E-state index in [-0.39, 0.29) is 18.2 Å². The van der Waals surface area contributed by atoms with Crippen molar-refractivity contribution in [2.45, 2.75) is 161 Å². The van der Waals surface area contributed by atoms with Crippen LogP contribution >= 0.6 is 0 Å². The van der Waals surface area contributed by atoms with Crippen molar-refractivity contribution in [3.63, 3.8) is 0 Å². The zero-order valence-corrected chi connectivity index (χ0v) is 22.5. The Morgan fingerprint density at radius 2 is 0.909 bits per heavy atom. The van der Waals surface area contributed by atoms with Crippen LogP contribution in [0.15, 0.2) is 0 Å². The second-order valence-electron chi connectivity index (χ2n) is 9.91. The summed E-state index contributed by atoms with van der Waals surface area (Å²) in [5, 5.41) is 12.4. The molecule has 0 amide bonds. The average molecular weight is 468 g/mol. The Labute approximate surface area is 206 Å². The number of aliphatic hydroxyl groups is 1. The quantitative estimate of drug-likeness (QED) is 0.101. The normalized spacial score (nSPS) is 11.8. The van der Waals surface area contributed by atoms with Gasteiger partial charge in [-0.05, 0) is 19.3 Å². The number of unbranched alkanes of at least 4 members (excludes halogenated alkanes) is 16. The predicted octanol–water partition coefficient (Wildman–Crippen LogP) is 7.70. The Hall–Kier alpha value is -0.740. The summed E-state index contributed by atoms with van der Waals surface area (Å²) in [6.45, 7) is 6.64. The molecule has 0 aliphatic heterocycles. The summed E-state index contributed by atoms with van der Waals surface area (Å²) in [7, 11) is 0. The molecule has 0 saturated heterocycles. The Bertz CT molecular complexity index is 430. The van der Waals surface area contributed by atoms with Crippen LogP contribution in [0.1, 0.15) is 156 Å². The highest BCUT2D eigenvalue weighted by atomic mass is 16.3. The molecule has 4 heteroatoms. The summed E-state index contributed by atoms with van der Waals surface area (Å²) >= 11 is 0. The number of ketones is 2. The Morgan fingerprint density at radius 1 is 0.576 bits per heavy atom. The van der Waals surface area contributed by atoms with Crippen LogP contribution in [-0.2, 0) is 9.59 Å². The fraction of sp³-hybridized carbons (Fsp3) is 0.931. The van der Waals surface area contributed by atoms with Gasteiger partial charge in [0.15, 0.2) is 11.6 Å². The zero-order valence-electron chi connectivity index (χ0n) is 22.5.